The Labute approximate surface area is 158 Å². The Bertz CT molecular complexity index is 1060. The minimum absolute atomic E-state index is 0.335. The summed E-state index contributed by atoms with van der Waals surface area (Å²) in [5.74, 6) is 0. The molecular formula is C20H23N3OS2. The van der Waals surface area contributed by atoms with Crippen molar-refractivity contribution in [2.75, 3.05) is 19.3 Å². The first kappa shape index (κ1) is 17.6. The van der Waals surface area contributed by atoms with E-state index in [9.17, 15) is 4.21 Å². The van der Waals surface area contributed by atoms with Crippen LogP contribution in [0.5, 0.6) is 0 Å². The quantitative estimate of drug-likeness (QED) is 0.722. The van der Waals surface area contributed by atoms with Gasteiger partial charge in [0.05, 0.1) is 25.5 Å². The van der Waals surface area contributed by atoms with Crippen molar-refractivity contribution in [2.45, 2.75) is 30.7 Å². The van der Waals surface area contributed by atoms with Gasteiger partial charge in [0.1, 0.15) is 0 Å². The van der Waals surface area contributed by atoms with Gasteiger partial charge in [0, 0.05) is 30.3 Å². The molecule has 4 nitrogen and oxygen atoms in total. The largest absolute Gasteiger partial charge is 0.296 e. The first-order valence-electron chi connectivity index (χ1n) is 8.84. The fourth-order valence-corrected chi connectivity index (χ4v) is 5.05. The standard InChI is InChI=1S/C20H23N3OS2/c1-14(16-4-6-20-19(12-16)22-13-25-20)23-9-7-15-3-5-18(26(2,21)24)11-17(15)8-10-23/h3-6,11-14,21H,7-10H2,1-2H3/t14-,26?/m1/s1. The van der Waals surface area contributed by atoms with Crippen molar-refractivity contribution >= 4 is 31.3 Å². The number of aromatic nitrogens is 1. The zero-order valence-corrected chi connectivity index (χ0v) is 16.7. The molecule has 4 rings (SSSR count). The second-order valence-corrected chi connectivity index (χ2v) is 10.1. The van der Waals surface area contributed by atoms with Crippen LogP contribution in [0.4, 0.5) is 0 Å². The van der Waals surface area contributed by atoms with Crippen molar-refractivity contribution in [1.82, 2.24) is 9.88 Å². The zero-order chi connectivity index (χ0) is 18.3. The fraction of sp³-hybridized carbons (Fsp3) is 0.350. The third kappa shape index (κ3) is 3.41. The van der Waals surface area contributed by atoms with E-state index in [4.69, 9.17) is 4.78 Å². The molecule has 1 aliphatic heterocycles. The summed E-state index contributed by atoms with van der Waals surface area (Å²) in [5.41, 5.74) is 6.85. The average Bonchev–Trinajstić information content (AvgIpc) is 2.98. The van der Waals surface area contributed by atoms with Crippen molar-refractivity contribution in [3.05, 3.63) is 58.6 Å². The molecule has 1 aromatic heterocycles. The van der Waals surface area contributed by atoms with Crippen molar-refractivity contribution in [2.24, 2.45) is 0 Å². The maximum Gasteiger partial charge on any atom is 0.0815 e. The molecular weight excluding hydrogens is 362 g/mol. The molecule has 3 aromatic rings. The molecule has 0 radical (unpaired) electrons. The molecule has 0 spiro atoms. The highest BCUT2D eigenvalue weighted by Gasteiger charge is 2.21. The number of rotatable bonds is 3. The predicted molar refractivity (Wildman–Crippen MR) is 109 cm³/mol. The van der Waals surface area contributed by atoms with E-state index in [2.05, 4.69) is 41.1 Å². The van der Waals surface area contributed by atoms with Crippen LogP contribution in [0.2, 0.25) is 0 Å². The Morgan fingerprint density at radius 1 is 1.15 bits per heavy atom. The lowest BCUT2D eigenvalue weighted by Crippen LogP contribution is -2.29. The van der Waals surface area contributed by atoms with Crippen LogP contribution in [0.3, 0.4) is 0 Å². The lowest BCUT2D eigenvalue weighted by Gasteiger charge is -2.28. The smallest absolute Gasteiger partial charge is 0.0815 e. The van der Waals surface area contributed by atoms with E-state index in [-0.39, 0.29) is 0 Å². The molecule has 0 saturated carbocycles. The summed E-state index contributed by atoms with van der Waals surface area (Å²) < 4.78 is 21.1. The minimum atomic E-state index is -2.66. The molecule has 1 N–H and O–H groups in total. The number of nitrogens with one attached hydrogen (secondary N) is 1. The molecule has 0 aliphatic carbocycles. The second kappa shape index (κ2) is 6.76. The van der Waals surface area contributed by atoms with E-state index < -0.39 is 9.73 Å². The lowest BCUT2D eigenvalue weighted by atomic mass is 10.0. The molecule has 2 heterocycles. The topological polar surface area (TPSA) is 57.1 Å². The Balaban J connectivity index is 1.56. The van der Waals surface area contributed by atoms with Gasteiger partial charge in [-0.15, -0.1) is 11.3 Å². The first-order chi connectivity index (χ1) is 12.4. The fourth-order valence-electron chi connectivity index (χ4n) is 3.69. The van der Waals surface area contributed by atoms with Gasteiger partial charge in [0.25, 0.3) is 0 Å². The number of nitrogens with zero attached hydrogens (tertiary/aromatic N) is 2. The molecule has 1 aliphatic rings. The minimum Gasteiger partial charge on any atom is -0.296 e. The maximum absolute atomic E-state index is 12.1. The number of fused-ring (bicyclic) bond motifs is 2. The van der Waals surface area contributed by atoms with Crippen LogP contribution >= 0.6 is 11.3 Å². The molecule has 2 aromatic carbocycles. The third-order valence-electron chi connectivity index (χ3n) is 5.35. The second-order valence-electron chi connectivity index (χ2n) is 7.07. The molecule has 0 bridgehead atoms. The Kier molecular flexibility index (Phi) is 4.59. The van der Waals surface area contributed by atoms with Crippen LogP contribution in [-0.2, 0) is 22.6 Å². The van der Waals surface area contributed by atoms with E-state index in [1.165, 1.54) is 27.6 Å². The summed E-state index contributed by atoms with van der Waals surface area (Å²) in [6, 6.07) is 12.8. The molecule has 6 heteroatoms. The number of thiazole rings is 1. The zero-order valence-electron chi connectivity index (χ0n) is 15.1. The normalized spacial score (nSPS) is 18.8. The van der Waals surface area contributed by atoms with E-state index in [0.717, 1.165) is 31.4 Å². The monoisotopic (exact) mass is 385 g/mol. The van der Waals surface area contributed by atoms with Gasteiger partial charge >= 0.3 is 0 Å². The number of hydrogen-bond acceptors (Lipinski definition) is 5. The highest BCUT2D eigenvalue weighted by Crippen LogP contribution is 2.28. The molecule has 1 unspecified atom stereocenters. The number of benzene rings is 2. The van der Waals surface area contributed by atoms with E-state index in [1.807, 2.05) is 17.6 Å². The number of hydrogen-bond donors (Lipinski definition) is 1. The van der Waals surface area contributed by atoms with Crippen LogP contribution in [-0.4, -0.2) is 33.4 Å². The van der Waals surface area contributed by atoms with Gasteiger partial charge < -0.3 is 0 Å². The molecule has 136 valence electrons. The van der Waals surface area contributed by atoms with Gasteiger partial charge in [-0.25, -0.2) is 14.0 Å². The van der Waals surface area contributed by atoms with Crippen molar-refractivity contribution < 1.29 is 4.21 Å². The van der Waals surface area contributed by atoms with Gasteiger partial charge in [0.2, 0.25) is 0 Å². The SMILES string of the molecule is C[C@H](c1ccc2scnc2c1)N1CCc2ccc(S(C)(=N)=O)cc2CC1. The van der Waals surface area contributed by atoms with Crippen molar-refractivity contribution in [3.8, 4) is 0 Å². The third-order valence-corrected chi connectivity index (χ3v) is 7.31. The summed E-state index contributed by atoms with van der Waals surface area (Å²) in [7, 11) is -2.66. The molecule has 0 fully saturated rings. The summed E-state index contributed by atoms with van der Waals surface area (Å²) in [6.07, 6.45) is 3.41. The van der Waals surface area contributed by atoms with Crippen LogP contribution < -0.4 is 0 Å². The van der Waals surface area contributed by atoms with Crippen LogP contribution in [0.1, 0.15) is 29.7 Å². The van der Waals surface area contributed by atoms with E-state index in [0.29, 0.717) is 10.9 Å². The Hall–Kier alpha value is -1.76. The van der Waals surface area contributed by atoms with Gasteiger partial charge in [-0.2, -0.15) is 0 Å². The summed E-state index contributed by atoms with van der Waals surface area (Å²) in [6.45, 7) is 4.23. The highest BCUT2D eigenvalue weighted by molar-refractivity contribution is 7.91. The maximum atomic E-state index is 12.1. The molecule has 2 atom stereocenters. The van der Waals surface area contributed by atoms with Crippen LogP contribution in [0, 0.1) is 4.78 Å². The van der Waals surface area contributed by atoms with E-state index >= 15 is 0 Å². The predicted octanol–water partition coefficient (Wildman–Crippen LogP) is 4.49. The van der Waals surface area contributed by atoms with Gasteiger partial charge in [-0.3, -0.25) is 4.90 Å². The summed E-state index contributed by atoms with van der Waals surface area (Å²) in [5, 5.41) is 0. The molecule has 26 heavy (non-hydrogen) atoms. The Morgan fingerprint density at radius 3 is 2.69 bits per heavy atom. The van der Waals surface area contributed by atoms with E-state index in [1.54, 1.807) is 11.3 Å². The summed E-state index contributed by atoms with van der Waals surface area (Å²) >= 11 is 1.68. The first-order valence-corrected chi connectivity index (χ1v) is 11.7. The Morgan fingerprint density at radius 2 is 1.92 bits per heavy atom. The van der Waals surface area contributed by atoms with Gasteiger partial charge in [0.15, 0.2) is 0 Å². The average molecular weight is 386 g/mol. The van der Waals surface area contributed by atoms with Crippen molar-refractivity contribution in [1.29, 1.82) is 4.78 Å². The molecule has 0 saturated heterocycles. The highest BCUT2D eigenvalue weighted by atomic mass is 32.2. The van der Waals surface area contributed by atoms with Gasteiger partial charge in [-0.1, -0.05) is 12.1 Å². The van der Waals surface area contributed by atoms with Crippen LogP contribution in [0.25, 0.3) is 10.2 Å². The van der Waals surface area contributed by atoms with Crippen LogP contribution in [0.15, 0.2) is 46.8 Å². The summed E-state index contributed by atoms with van der Waals surface area (Å²) in [4.78, 5) is 7.60. The van der Waals surface area contributed by atoms with Crippen molar-refractivity contribution in [3.63, 3.8) is 0 Å². The van der Waals surface area contributed by atoms with Gasteiger partial charge in [-0.05, 0) is 60.7 Å². The molecule has 0 amide bonds. The lowest BCUT2D eigenvalue weighted by molar-refractivity contribution is 0.221.